The molecule has 0 atom stereocenters. The van der Waals surface area contributed by atoms with Gasteiger partial charge >= 0.3 is 0 Å². The van der Waals surface area contributed by atoms with Crippen molar-refractivity contribution in [1.29, 1.82) is 0 Å². The molecule has 2 rings (SSSR count). The Bertz CT molecular complexity index is 463. The first-order valence-corrected chi connectivity index (χ1v) is 5.22. The van der Waals surface area contributed by atoms with Crippen molar-refractivity contribution in [3.8, 4) is 11.5 Å². The molecular weight excluding hydrogens is 200 g/mol. The van der Waals surface area contributed by atoms with Crippen molar-refractivity contribution in [2.24, 2.45) is 0 Å². The highest BCUT2D eigenvalue weighted by Gasteiger charge is 2.00. The van der Waals surface area contributed by atoms with E-state index in [0.717, 1.165) is 16.9 Å². The Morgan fingerprint density at radius 1 is 1.06 bits per heavy atom. The van der Waals surface area contributed by atoms with Crippen LogP contribution in [0.1, 0.15) is 11.1 Å². The zero-order chi connectivity index (χ0) is 11.4. The summed E-state index contributed by atoms with van der Waals surface area (Å²) in [6, 6.07) is 15.0. The summed E-state index contributed by atoms with van der Waals surface area (Å²) in [6.45, 7) is 2.49. The number of ether oxygens (including phenoxy) is 1. The number of phenolic OH excluding ortho intramolecular Hbond substituents is 1. The summed E-state index contributed by atoms with van der Waals surface area (Å²) in [5, 5.41) is 9.28. The largest absolute Gasteiger partial charge is 0.508 e. The van der Waals surface area contributed by atoms with Gasteiger partial charge in [-0.25, -0.2) is 0 Å². The maximum atomic E-state index is 9.28. The van der Waals surface area contributed by atoms with Crippen molar-refractivity contribution < 1.29 is 9.84 Å². The summed E-state index contributed by atoms with van der Waals surface area (Å²) in [6.07, 6.45) is 0. The lowest BCUT2D eigenvalue weighted by atomic mass is 10.1. The van der Waals surface area contributed by atoms with Gasteiger partial charge in [-0.2, -0.15) is 0 Å². The molecule has 82 valence electrons. The van der Waals surface area contributed by atoms with Gasteiger partial charge in [0.05, 0.1) is 0 Å². The highest BCUT2D eigenvalue weighted by Crippen LogP contribution is 2.18. The first-order valence-electron chi connectivity index (χ1n) is 5.22. The lowest BCUT2D eigenvalue weighted by Crippen LogP contribution is -1.97. The molecular formula is C14H14O2. The molecule has 0 spiro atoms. The fraction of sp³-hybridized carbons (Fsp3) is 0.143. The second-order valence-electron chi connectivity index (χ2n) is 3.71. The summed E-state index contributed by atoms with van der Waals surface area (Å²) in [4.78, 5) is 0. The minimum absolute atomic E-state index is 0.293. The van der Waals surface area contributed by atoms with Crippen molar-refractivity contribution in [2.45, 2.75) is 13.5 Å². The van der Waals surface area contributed by atoms with Crippen LogP contribution in [0.3, 0.4) is 0 Å². The van der Waals surface area contributed by atoms with Crippen LogP contribution in [0.5, 0.6) is 11.5 Å². The topological polar surface area (TPSA) is 29.5 Å². The van der Waals surface area contributed by atoms with Crippen LogP contribution in [-0.2, 0) is 6.61 Å². The molecule has 1 N–H and O–H groups in total. The molecule has 0 bridgehead atoms. The van der Waals surface area contributed by atoms with Gasteiger partial charge < -0.3 is 9.84 Å². The van der Waals surface area contributed by atoms with Crippen LogP contribution in [0.4, 0.5) is 0 Å². The van der Waals surface area contributed by atoms with Crippen LogP contribution in [0.2, 0.25) is 0 Å². The lowest BCUT2D eigenvalue weighted by molar-refractivity contribution is 0.305. The summed E-state index contributed by atoms with van der Waals surface area (Å²) in [7, 11) is 0. The predicted octanol–water partition coefficient (Wildman–Crippen LogP) is 3.28. The lowest BCUT2D eigenvalue weighted by Gasteiger charge is -2.08. The van der Waals surface area contributed by atoms with Crippen LogP contribution in [0, 0.1) is 6.92 Å². The molecule has 0 amide bonds. The number of aryl methyl sites for hydroxylation is 1. The number of benzene rings is 2. The molecule has 16 heavy (non-hydrogen) atoms. The van der Waals surface area contributed by atoms with Gasteiger partial charge in [0, 0.05) is 0 Å². The molecule has 0 aromatic heterocycles. The fourth-order valence-corrected chi connectivity index (χ4v) is 1.52. The van der Waals surface area contributed by atoms with Crippen LogP contribution in [0.15, 0.2) is 48.5 Å². The van der Waals surface area contributed by atoms with Gasteiger partial charge in [0.2, 0.25) is 0 Å². The molecule has 0 saturated heterocycles. The number of phenols is 1. The summed E-state index contributed by atoms with van der Waals surface area (Å²) in [5.74, 6) is 1.15. The van der Waals surface area contributed by atoms with E-state index in [1.54, 1.807) is 12.1 Å². The molecule has 0 aliphatic carbocycles. The van der Waals surface area contributed by atoms with Crippen LogP contribution in [-0.4, -0.2) is 5.11 Å². The monoisotopic (exact) mass is 214 g/mol. The average molecular weight is 214 g/mol. The van der Waals surface area contributed by atoms with Crippen LogP contribution in [0.25, 0.3) is 0 Å². The van der Waals surface area contributed by atoms with E-state index >= 15 is 0 Å². The summed E-state index contributed by atoms with van der Waals surface area (Å²) in [5.41, 5.74) is 2.12. The Labute approximate surface area is 95.1 Å². The van der Waals surface area contributed by atoms with E-state index in [9.17, 15) is 5.11 Å². The first-order chi connectivity index (χ1) is 7.75. The van der Waals surface area contributed by atoms with Gasteiger partial charge in [-0.15, -0.1) is 0 Å². The van der Waals surface area contributed by atoms with Gasteiger partial charge in [-0.1, -0.05) is 24.3 Å². The molecule has 0 radical (unpaired) electrons. The average Bonchev–Trinajstić information content (AvgIpc) is 2.29. The minimum atomic E-state index is 0.293. The predicted molar refractivity (Wildman–Crippen MR) is 63.6 cm³/mol. The Morgan fingerprint density at radius 2 is 1.81 bits per heavy atom. The highest BCUT2D eigenvalue weighted by molar-refractivity contribution is 5.34. The van der Waals surface area contributed by atoms with Gasteiger partial charge in [0.15, 0.2) is 0 Å². The smallest absolute Gasteiger partial charge is 0.119 e. The fourth-order valence-electron chi connectivity index (χ4n) is 1.52. The number of aromatic hydroxyl groups is 1. The number of para-hydroxylation sites is 1. The number of hydrogen-bond donors (Lipinski definition) is 1. The van der Waals surface area contributed by atoms with Crippen molar-refractivity contribution in [3.05, 3.63) is 59.7 Å². The van der Waals surface area contributed by atoms with Gasteiger partial charge in [-0.3, -0.25) is 0 Å². The van der Waals surface area contributed by atoms with E-state index in [0.29, 0.717) is 12.4 Å². The minimum Gasteiger partial charge on any atom is -0.508 e. The van der Waals surface area contributed by atoms with Crippen molar-refractivity contribution in [1.82, 2.24) is 0 Å². The Hall–Kier alpha value is -1.96. The quantitative estimate of drug-likeness (QED) is 0.849. The van der Waals surface area contributed by atoms with Gasteiger partial charge in [-0.05, 0) is 42.3 Å². The molecule has 0 aliphatic heterocycles. The van der Waals surface area contributed by atoms with E-state index in [4.69, 9.17) is 4.74 Å². The Morgan fingerprint density at radius 3 is 2.50 bits per heavy atom. The number of rotatable bonds is 3. The summed E-state index contributed by atoms with van der Waals surface area (Å²) >= 11 is 0. The van der Waals surface area contributed by atoms with Crippen molar-refractivity contribution >= 4 is 0 Å². The molecule has 2 aromatic rings. The van der Waals surface area contributed by atoms with Crippen molar-refractivity contribution in [3.63, 3.8) is 0 Å². The molecule has 2 nitrogen and oxygen atoms in total. The molecule has 0 fully saturated rings. The number of hydrogen-bond acceptors (Lipinski definition) is 2. The maximum absolute atomic E-state index is 9.28. The van der Waals surface area contributed by atoms with Crippen LogP contribution >= 0.6 is 0 Å². The van der Waals surface area contributed by atoms with Gasteiger partial charge in [0.25, 0.3) is 0 Å². The standard InChI is InChI=1S/C14H14O2/c1-11-9-13(15)8-7-12(11)10-16-14-5-3-2-4-6-14/h2-9,15H,10H2,1H3. The van der Waals surface area contributed by atoms with E-state index < -0.39 is 0 Å². The molecule has 2 aromatic carbocycles. The molecule has 0 aliphatic rings. The van der Waals surface area contributed by atoms with E-state index in [1.165, 1.54) is 0 Å². The second-order valence-corrected chi connectivity index (χ2v) is 3.71. The Balaban J connectivity index is 2.05. The SMILES string of the molecule is Cc1cc(O)ccc1COc1ccccc1. The third-order valence-corrected chi connectivity index (χ3v) is 2.46. The maximum Gasteiger partial charge on any atom is 0.119 e. The molecule has 0 unspecified atom stereocenters. The van der Waals surface area contributed by atoms with Gasteiger partial charge in [0.1, 0.15) is 18.1 Å². The molecule has 0 heterocycles. The van der Waals surface area contributed by atoms with E-state index in [1.807, 2.05) is 43.3 Å². The Kier molecular flexibility index (Phi) is 3.10. The second kappa shape index (κ2) is 4.71. The summed E-state index contributed by atoms with van der Waals surface area (Å²) < 4.78 is 5.63. The van der Waals surface area contributed by atoms with E-state index in [-0.39, 0.29) is 0 Å². The zero-order valence-corrected chi connectivity index (χ0v) is 9.18. The van der Waals surface area contributed by atoms with Crippen molar-refractivity contribution in [2.75, 3.05) is 0 Å². The third kappa shape index (κ3) is 2.54. The molecule has 2 heteroatoms. The first kappa shape index (κ1) is 10.6. The van der Waals surface area contributed by atoms with E-state index in [2.05, 4.69) is 0 Å². The third-order valence-electron chi connectivity index (χ3n) is 2.46. The van der Waals surface area contributed by atoms with Crippen LogP contribution < -0.4 is 4.74 Å². The zero-order valence-electron chi connectivity index (χ0n) is 9.18. The molecule has 0 saturated carbocycles. The highest BCUT2D eigenvalue weighted by atomic mass is 16.5. The normalized spacial score (nSPS) is 10.1.